The monoisotopic (exact) mass is 655 g/mol. The molecule has 0 atom stereocenters. The Bertz CT molecular complexity index is 1490. The Hall–Kier alpha value is -2.30. The van der Waals surface area contributed by atoms with E-state index in [4.69, 9.17) is 0 Å². The Balaban J connectivity index is 1.74. The summed E-state index contributed by atoms with van der Waals surface area (Å²) >= 11 is -0.357. The quantitative estimate of drug-likeness (QED) is 0.111. The summed E-state index contributed by atoms with van der Waals surface area (Å²) in [5, 5.41) is 1.35. The molecule has 3 heteroatoms. The van der Waals surface area contributed by atoms with Gasteiger partial charge < -0.3 is 0 Å². The minimum atomic E-state index is -2.52. The van der Waals surface area contributed by atoms with Crippen LogP contribution in [-0.2, 0) is 0 Å². The number of thiophene rings is 1. The van der Waals surface area contributed by atoms with Crippen LogP contribution in [0.5, 0.6) is 0 Å². The van der Waals surface area contributed by atoms with Crippen LogP contribution in [0.3, 0.4) is 0 Å². The van der Waals surface area contributed by atoms with Gasteiger partial charge in [-0.3, -0.25) is 0 Å². The van der Waals surface area contributed by atoms with E-state index in [2.05, 4.69) is 135 Å². The van der Waals surface area contributed by atoms with Crippen molar-refractivity contribution in [1.29, 1.82) is 0 Å². The van der Waals surface area contributed by atoms with Crippen molar-refractivity contribution in [2.75, 3.05) is 0 Å². The van der Waals surface area contributed by atoms with E-state index < -0.39 is 18.4 Å². The van der Waals surface area contributed by atoms with Crippen LogP contribution in [-0.4, -0.2) is 22.9 Å². The zero-order chi connectivity index (χ0) is 28.0. The Morgan fingerprint density at radius 1 is 0.650 bits per heavy atom. The summed E-state index contributed by atoms with van der Waals surface area (Å²) in [5.41, 5.74) is 7.80. The van der Waals surface area contributed by atoms with Crippen molar-refractivity contribution in [3.8, 4) is 27.4 Å². The number of aromatic nitrogens is 1. The molecule has 0 radical (unpaired) electrons. The van der Waals surface area contributed by atoms with Gasteiger partial charge in [0, 0.05) is 0 Å². The number of para-hydroxylation sites is 1. The van der Waals surface area contributed by atoms with Crippen molar-refractivity contribution in [3.05, 3.63) is 96.6 Å². The first-order valence-corrected chi connectivity index (χ1v) is 23.8. The number of hydrogen-bond acceptors (Lipinski definition) is 1. The molecule has 3 aromatic carbocycles. The maximum atomic E-state index is 2.59. The van der Waals surface area contributed by atoms with Gasteiger partial charge in [-0.2, -0.15) is 0 Å². The average molecular weight is 655 g/mol. The van der Waals surface area contributed by atoms with Crippen LogP contribution < -0.4 is 2.89 Å². The third-order valence-electron chi connectivity index (χ3n) is 8.62. The fourth-order valence-electron chi connectivity index (χ4n) is 6.37. The predicted octanol–water partition coefficient (Wildman–Crippen LogP) is 11.4. The van der Waals surface area contributed by atoms with Crippen LogP contribution >= 0.6 is 11.3 Å². The topological polar surface area (TPSA) is 4.93 Å². The molecule has 0 bridgehead atoms. The van der Waals surface area contributed by atoms with Crippen molar-refractivity contribution in [2.24, 2.45) is 0 Å². The van der Waals surface area contributed by atoms with E-state index in [1.807, 2.05) is 2.89 Å². The molecular weight excluding hydrogens is 609 g/mol. The third-order valence-corrected chi connectivity index (χ3v) is 28.0. The number of hydrogen-bond donors (Lipinski definition) is 0. The summed E-state index contributed by atoms with van der Waals surface area (Å²) in [6.45, 7) is 9.30. The van der Waals surface area contributed by atoms with Gasteiger partial charge in [-0.05, 0) is 0 Å². The van der Waals surface area contributed by atoms with E-state index in [1.54, 1.807) is 0 Å². The van der Waals surface area contributed by atoms with Gasteiger partial charge in [0.25, 0.3) is 0 Å². The number of benzene rings is 3. The van der Waals surface area contributed by atoms with Crippen molar-refractivity contribution in [1.82, 2.24) is 4.57 Å². The van der Waals surface area contributed by atoms with Crippen LogP contribution in [0.15, 0.2) is 91.0 Å². The molecule has 1 nitrogen and oxygen atoms in total. The molecule has 0 spiro atoms. The van der Waals surface area contributed by atoms with Crippen LogP contribution in [0.1, 0.15) is 64.9 Å². The van der Waals surface area contributed by atoms with Crippen LogP contribution in [0, 0.1) is 6.92 Å². The minimum absolute atomic E-state index is 1.23. The molecule has 208 valence electrons. The Morgan fingerprint density at radius 3 is 1.88 bits per heavy atom. The first-order chi connectivity index (χ1) is 19.6. The summed E-state index contributed by atoms with van der Waals surface area (Å²) in [7, 11) is 0. The van der Waals surface area contributed by atoms with Gasteiger partial charge in [-0.15, -0.1) is 0 Å². The zero-order valence-corrected chi connectivity index (χ0v) is 28.6. The van der Waals surface area contributed by atoms with Crippen LogP contribution in [0.25, 0.3) is 38.3 Å². The van der Waals surface area contributed by atoms with Crippen molar-refractivity contribution in [3.63, 3.8) is 0 Å². The van der Waals surface area contributed by atoms with E-state index in [9.17, 15) is 0 Å². The van der Waals surface area contributed by atoms with E-state index in [0.29, 0.717) is 0 Å². The summed E-state index contributed by atoms with van der Waals surface area (Å²) in [4.78, 5) is 1.45. The second kappa shape index (κ2) is 13.6. The summed E-state index contributed by atoms with van der Waals surface area (Å²) < 4.78 is 8.86. The van der Waals surface area contributed by atoms with Crippen molar-refractivity contribution < 1.29 is 0 Å². The normalized spacial score (nSPS) is 11.9. The van der Waals surface area contributed by atoms with Gasteiger partial charge in [-0.1, -0.05) is 0 Å². The predicted molar refractivity (Wildman–Crippen MR) is 181 cm³/mol. The number of nitrogens with zero attached hydrogens (tertiary/aromatic N) is 1. The number of fused-ring (bicyclic) bond motifs is 1. The molecule has 0 aliphatic rings. The number of unbranched alkanes of at least 4 members (excludes halogenated alkanes) is 3. The summed E-state index contributed by atoms with van der Waals surface area (Å²) in [5.74, 6) is 0. The molecule has 0 fully saturated rings. The van der Waals surface area contributed by atoms with Gasteiger partial charge in [0.15, 0.2) is 0 Å². The molecule has 0 unspecified atom stereocenters. The second-order valence-electron chi connectivity index (χ2n) is 11.5. The summed E-state index contributed by atoms with van der Waals surface area (Å²) in [6, 6.07) is 34.2. The van der Waals surface area contributed by atoms with Crippen LogP contribution in [0.4, 0.5) is 0 Å². The molecule has 2 heterocycles. The first kappa shape index (κ1) is 29.2. The van der Waals surface area contributed by atoms with Crippen molar-refractivity contribution >= 4 is 43.5 Å². The van der Waals surface area contributed by atoms with Crippen molar-refractivity contribution in [2.45, 2.75) is 79.5 Å². The molecule has 40 heavy (non-hydrogen) atoms. The van der Waals surface area contributed by atoms with Gasteiger partial charge in [0.2, 0.25) is 0 Å². The standard InChI is InChI=1S/C25H18NS.3C4H9.Sn/c1-18-13-15-20(16-14-18)26-22-11-6-5-10-21(22)24(23-12-7-17-27-23)25(26)19-8-3-2-4-9-19;3*1-3-4-2;/h2-16H,1H3;3*1,3-4H2,2H3;. The first-order valence-electron chi connectivity index (χ1n) is 15.5. The maximum absolute atomic E-state index is 2.59. The molecule has 0 saturated carbocycles. The molecule has 0 saturated heterocycles. The van der Waals surface area contributed by atoms with E-state index in [0.717, 1.165) is 0 Å². The number of rotatable bonds is 13. The molecular formula is C37H45NSSn. The fourth-order valence-corrected chi connectivity index (χ4v) is 26.6. The Morgan fingerprint density at radius 2 is 1.25 bits per heavy atom. The third kappa shape index (κ3) is 5.99. The van der Waals surface area contributed by atoms with E-state index in [-0.39, 0.29) is 0 Å². The Labute approximate surface area is 250 Å². The summed E-state index contributed by atoms with van der Waals surface area (Å²) in [6.07, 6.45) is 8.16. The zero-order valence-electron chi connectivity index (χ0n) is 24.9. The van der Waals surface area contributed by atoms with Gasteiger partial charge in [0.1, 0.15) is 0 Å². The van der Waals surface area contributed by atoms with Crippen LogP contribution in [0.2, 0.25) is 13.3 Å². The molecule has 5 rings (SSSR count). The van der Waals surface area contributed by atoms with Gasteiger partial charge in [0.05, 0.1) is 0 Å². The molecule has 5 aromatic rings. The van der Waals surface area contributed by atoms with E-state index >= 15 is 0 Å². The molecule has 0 aliphatic carbocycles. The van der Waals surface area contributed by atoms with Gasteiger partial charge in [-0.25, -0.2) is 0 Å². The average Bonchev–Trinajstić information content (AvgIpc) is 3.61. The SMILES string of the molecule is CCC[CH2][Sn]([CH2]CCC)([CH2]CCC)[c]1ccc(-c2c(-c3ccccc3)n(-c3ccc(C)cc3)c3ccccc23)s1. The number of aryl methyl sites for hydroxylation is 1. The van der Waals surface area contributed by atoms with E-state index in [1.165, 1.54) is 95.7 Å². The molecule has 2 aromatic heterocycles. The molecule has 0 N–H and O–H groups in total. The molecule has 0 amide bonds. The second-order valence-corrected chi connectivity index (χ2v) is 26.8. The Kier molecular flexibility index (Phi) is 9.91. The van der Waals surface area contributed by atoms with Gasteiger partial charge >= 0.3 is 252 Å². The fraction of sp³-hybridized carbons (Fsp3) is 0.351. The molecule has 0 aliphatic heterocycles.